The van der Waals surface area contributed by atoms with E-state index in [0.29, 0.717) is 25.2 Å². The van der Waals surface area contributed by atoms with Gasteiger partial charge < -0.3 is 5.73 Å². The zero-order chi connectivity index (χ0) is 15.6. The molecule has 1 atom stereocenters. The molecule has 1 aromatic heterocycles. The standard InChI is InChI=1S/C13H20N4O3S/c1-9-8-10(5-6-12(14)18)16-13(15-9)11-4-3-7-17(11)21(2,19)20/h8,11H,3-7H2,1-2H3,(H2,14,18). The Balaban J connectivity index is 2.28. The van der Waals surface area contributed by atoms with Crippen LogP contribution >= 0.6 is 0 Å². The topological polar surface area (TPSA) is 106 Å². The summed E-state index contributed by atoms with van der Waals surface area (Å²) in [6, 6.07) is 1.49. The Labute approximate surface area is 124 Å². The number of carbonyl (C=O) groups excluding carboxylic acids is 1. The van der Waals surface area contributed by atoms with Crippen LogP contribution in [-0.2, 0) is 21.2 Å². The molecule has 1 aromatic rings. The van der Waals surface area contributed by atoms with Crippen molar-refractivity contribution in [2.45, 2.75) is 38.6 Å². The van der Waals surface area contributed by atoms with E-state index in [-0.39, 0.29) is 18.4 Å². The molecule has 1 aliphatic rings. The van der Waals surface area contributed by atoms with Crippen LogP contribution in [-0.4, -0.2) is 41.4 Å². The molecule has 1 saturated heterocycles. The quantitative estimate of drug-likeness (QED) is 0.841. The SMILES string of the molecule is Cc1cc(CCC(N)=O)nc(C2CCCN2S(C)(=O)=O)n1. The molecule has 0 saturated carbocycles. The van der Waals surface area contributed by atoms with E-state index in [4.69, 9.17) is 5.73 Å². The first-order valence-electron chi connectivity index (χ1n) is 6.87. The van der Waals surface area contributed by atoms with Crippen LogP contribution in [0.1, 0.15) is 42.5 Å². The monoisotopic (exact) mass is 312 g/mol. The molecule has 7 nitrogen and oxygen atoms in total. The van der Waals surface area contributed by atoms with Crippen LogP contribution in [0, 0.1) is 6.92 Å². The highest BCUT2D eigenvalue weighted by Gasteiger charge is 2.34. The number of nitrogens with zero attached hydrogens (tertiary/aromatic N) is 3. The Morgan fingerprint density at radius 2 is 2.19 bits per heavy atom. The van der Waals surface area contributed by atoms with E-state index >= 15 is 0 Å². The summed E-state index contributed by atoms with van der Waals surface area (Å²) < 4.78 is 25.1. The highest BCUT2D eigenvalue weighted by atomic mass is 32.2. The zero-order valence-corrected chi connectivity index (χ0v) is 13.1. The van der Waals surface area contributed by atoms with Gasteiger partial charge in [0.05, 0.1) is 12.3 Å². The van der Waals surface area contributed by atoms with Gasteiger partial charge >= 0.3 is 0 Å². The molecular weight excluding hydrogens is 292 g/mol. The van der Waals surface area contributed by atoms with Crippen LogP contribution in [0.5, 0.6) is 0 Å². The third-order valence-electron chi connectivity index (χ3n) is 3.48. The molecule has 2 rings (SSSR count). The van der Waals surface area contributed by atoms with Crippen molar-refractivity contribution in [3.63, 3.8) is 0 Å². The van der Waals surface area contributed by atoms with Gasteiger partial charge in [-0.25, -0.2) is 18.4 Å². The molecule has 21 heavy (non-hydrogen) atoms. The number of sulfonamides is 1. The molecule has 116 valence electrons. The van der Waals surface area contributed by atoms with E-state index in [1.165, 1.54) is 10.6 Å². The van der Waals surface area contributed by atoms with E-state index < -0.39 is 10.0 Å². The Morgan fingerprint density at radius 3 is 2.81 bits per heavy atom. The number of primary amides is 1. The van der Waals surface area contributed by atoms with Crippen molar-refractivity contribution in [3.8, 4) is 0 Å². The average Bonchev–Trinajstić information content (AvgIpc) is 2.84. The van der Waals surface area contributed by atoms with Crippen molar-refractivity contribution < 1.29 is 13.2 Å². The molecule has 1 unspecified atom stereocenters. The van der Waals surface area contributed by atoms with Gasteiger partial charge in [-0.1, -0.05) is 0 Å². The smallest absolute Gasteiger partial charge is 0.217 e. The van der Waals surface area contributed by atoms with Crippen molar-refractivity contribution >= 4 is 15.9 Å². The predicted molar refractivity (Wildman–Crippen MR) is 77.8 cm³/mol. The Bertz CT molecular complexity index is 645. The number of hydrogen-bond donors (Lipinski definition) is 1. The first-order valence-corrected chi connectivity index (χ1v) is 8.72. The summed E-state index contributed by atoms with van der Waals surface area (Å²) in [5.74, 6) is 0.129. The van der Waals surface area contributed by atoms with Gasteiger partial charge in [-0.3, -0.25) is 4.79 Å². The van der Waals surface area contributed by atoms with Crippen LogP contribution in [0.3, 0.4) is 0 Å². The lowest BCUT2D eigenvalue weighted by Crippen LogP contribution is -2.30. The molecule has 0 bridgehead atoms. The summed E-state index contributed by atoms with van der Waals surface area (Å²) in [7, 11) is -3.27. The number of hydrogen-bond acceptors (Lipinski definition) is 5. The molecule has 0 aromatic carbocycles. The van der Waals surface area contributed by atoms with Crippen molar-refractivity contribution in [2.24, 2.45) is 5.73 Å². The summed E-state index contributed by atoms with van der Waals surface area (Å²) >= 11 is 0. The van der Waals surface area contributed by atoms with Crippen molar-refractivity contribution in [1.29, 1.82) is 0 Å². The number of nitrogens with two attached hydrogens (primary N) is 1. The highest BCUT2D eigenvalue weighted by Crippen LogP contribution is 2.32. The van der Waals surface area contributed by atoms with E-state index in [2.05, 4.69) is 9.97 Å². The summed E-state index contributed by atoms with van der Waals surface area (Å²) in [6.45, 7) is 2.33. The van der Waals surface area contributed by atoms with E-state index in [1.807, 2.05) is 6.92 Å². The lowest BCUT2D eigenvalue weighted by Gasteiger charge is -2.21. The molecule has 0 radical (unpaired) electrons. The maximum Gasteiger partial charge on any atom is 0.217 e. The van der Waals surface area contributed by atoms with Crippen molar-refractivity contribution in [3.05, 3.63) is 23.3 Å². The predicted octanol–water partition coefficient (Wildman–Crippen LogP) is 0.299. The zero-order valence-electron chi connectivity index (χ0n) is 12.2. The van der Waals surface area contributed by atoms with Gasteiger partial charge in [0.15, 0.2) is 0 Å². The molecule has 1 fully saturated rings. The molecular formula is C13H20N4O3S. The molecule has 1 aliphatic heterocycles. The third kappa shape index (κ3) is 3.98. The number of amides is 1. The van der Waals surface area contributed by atoms with E-state index in [1.54, 1.807) is 6.07 Å². The van der Waals surface area contributed by atoms with Crippen molar-refractivity contribution in [1.82, 2.24) is 14.3 Å². The summed E-state index contributed by atoms with van der Waals surface area (Å²) in [6.07, 6.45) is 3.38. The van der Waals surface area contributed by atoms with Gasteiger partial charge in [-0.2, -0.15) is 4.31 Å². The fourth-order valence-electron chi connectivity index (χ4n) is 2.58. The maximum absolute atomic E-state index is 11.8. The van der Waals surface area contributed by atoms with Gasteiger partial charge in [0, 0.05) is 24.4 Å². The fourth-order valence-corrected chi connectivity index (χ4v) is 3.70. The average molecular weight is 312 g/mol. The van der Waals surface area contributed by atoms with Gasteiger partial charge in [0.1, 0.15) is 5.82 Å². The van der Waals surface area contributed by atoms with Gasteiger partial charge in [0.25, 0.3) is 0 Å². The second-order valence-electron chi connectivity index (χ2n) is 5.36. The second kappa shape index (κ2) is 6.07. The van der Waals surface area contributed by atoms with E-state index in [9.17, 15) is 13.2 Å². The Morgan fingerprint density at radius 1 is 1.48 bits per heavy atom. The second-order valence-corrected chi connectivity index (χ2v) is 7.29. The van der Waals surface area contributed by atoms with Crippen LogP contribution in [0.2, 0.25) is 0 Å². The number of aryl methyl sites for hydroxylation is 2. The van der Waals surface area contributed by atoms with Gasteiger partial charge in [-0.05, 0) is 32.3 Å². The molecule has 0 aliphatic carbocycles. The van der Waals surface area contributed by atoms with Gasteiger partial charge in [-0.15, -0.1) is 0 Å². The summed E-state index contributed by atoms with van der Waals surface area (Å²) in [4.78, 5) is 19.7. The van der Waals surface area contributed by atoms with Gasteiger partial charge in [0.2, 0.25) is 15.9 Å². The molecule has 0 spiro atoms. The Hall–Kier alpha value is -1.54. The minimum atomic E-state index is -3.27. The largest absolute Gasteiger partial charge is 0.370 e. The molecule has 2 N–H and O–H groups in total. The lowest BCUT2D eigenvalue weighted by molar-refractivity contribution is -0.118. The minimum absolute atomic E-state index is 0.219. The van der Waals surface area contributed by atoms with Crippen molar-refractivity contribution in [2.75, 3.05) is 12.8 Å². The molecule has 8 heteroatoms. The number of aromatic nitrogens is 2. The van der Waals surface area contributed by atoms with Crippen LogP contribution in [0.25, 0.3) is 0 Å². The first-order chi connectivity index (χ1) is 9.77. The number of carbonyl (C=O) groups is 1. The van der Waals surface area contributed by atoms with E-state index in [0.717, 1.165) is 17.8 Å². The van der Waals surface area contributed by atoms with Crippen LogP contribution in [0.4, 0.5) is 0 Å². The number of rotatable bonds is 5. The summed E-state index contributed by atoms with van der Waals surface area (Å²) in [5, 5.41) is 0. The first kappa shape index (κ1) is 15.8. The maximum atomic E-state index is 11.8. The fraction of sp³-hybridized carbons (Fsp3) is 0.615. The summed E-state index contributed by atoms with van der Waals surface area (Å²) in [5.41, 5.74) is 6.63. The Kier molecular flexibility index (Phi) is 4.58. The van der Waals surface area contributed by atoms with Crippen LogP contribution in [0.15, 0.2) is 6.07 Å². The molecule has 1 amide bonds. The highest BCUT2D eigenvalue weighted by molar-refractivity contribution is 7.88. The minimum Gasteiger partial charge on any atom is -0.370 e. The molecule has 2 heterocycles. The lowest BCUT2D eigenvalue weighted by atomic mass is 10.1. The third-order valence-corrected chi connectivity index (χ3v) is 4.77. The van der Waals surface area contributed by atoms with Crippen LogP contribution < -0.4 is 5.73 Å². The normalized spacial score (nSPS) is 19.8.